The van der Waals surface area contributed by atoms with Crippen molar-refractivity contribution in [2.75, 3.05) is 19.6 Å². The van der Waals surface area contributed by atoms with Gasteiger partial charge in [-0.3, -0.25) is 9.69 Å². The molecule has 0 bridgehead atoms. The third kappa shape index (κ3) is 4.45. The first-order chi connectivity index (χ1) is 10.3. The number of amides is 1. The summed E-state index contributed by atoms with van der Waals surface area (Å²) < 4.78 is 0. The number of hydrogen-bond donors (Lipinski definition) is 2. The van der Waals surface area contributed by atoms with Crippen molar-refractivity contribution in [1.29, 1.82) is 0 Å². The molecule has 0 radical (unpaired) electrons. The molecule has 0 saturated carbocycles. The van der Waals surface area contributed by atoms with Gasteiger partial charge >= 0.3 is 0 Å². The van der Waals surface area contributed by atoms with E-state index in [4.69, 9.17) is 0 Å². The van der Waals surface area contributed by atoms with Crippen LogP contribution in [0.3, 0.4) is 0 Å². The maximum absolute atomic E-state index is 12.1. The van der Waals surface area contributed by atoms with Crippen LogP contribution in [0.25, 0.3) is 0 Å². The summed E-state index contributed by atoms with van der Waals surface area (Å²) in [5.41, 5.74) is 1.35. The van der Waals surface area contributed by atoms with Crippen molar-refractivity contribution in [3.8, 4) is 0 Å². The van der Waals surface area contributed by atoms with Crippen LogP contribution < -0.4 is 10.6 Å². The fourth-order valence-electron chi connectivity index (χ4n) is 3.40. The molecule has 2 aliphatic heterocycles. The molecule has 0 aromatic heterocycles. The number of halogens is 1. The summed E-state index contributed by atoms with van der Waals surface area (Å²) in [5.74, 6) is 0.180. The first kappa shape index (κ1) is 17.3. The second-order valence-electron chi connectivity index (χ2n) is 6.15. The van der Waals surface area contributed by atoms with Crippen molar-refractivity contribution in [3.63, 3.8) is 0 Å². The minimum atomic E-state index is 0. The third-order valence-electron chi connectivity index (χ3n) is 4.62. The lowest BCUT2D eigenvalue weighted by molar-refractivity contribution is -0.123. The van der Waals surface area contributed by atoms with E-state index in [2.05, 4.69) is 45.9 Å². The molecule has 22 heavy (non-hydrogen) atoms. The maximum atomic E-state index is 12.1. The number of likely N-dealkylation sites (tertiary alicyclic amines) is 1. The van der Waals surface area contributed by atoms with Crippen LogP contribution in [-0.2, 0) is 11.3 Å². The molecule has 2 saturated heterocycles. The summed E-state index contributed by atoms with van der Waals surface area (Å²) in [6, 6.07) is 11.1. The largest absolute Gasteiger partial charge is 0.353 e. The second-order valence-corrected chi connectivity index (χ2v) is 6.15. The van der Waals surface area contributed by atoms with Crippen LogP contribution in [0, 0.1) is 0 Å². The summed E-state index contributed by atoms with van der Waals surface area (Å²) in [4.78, 5) is 14.6. The molecule has 2 aliphatic rings. The number of rotatable bonds is 5. The van der Waals surface area contributed by atoms with Gasteiger partial charge in [0.1, 0.15) is 0 Å². The Morgan fingerprint density at radius 1 is 1.23 bits per heavy atom. The molecule has 2 unspecified atom stereocenters. The Bertz CT molecular complexity index is 462. The molecule has 1 aromatic carbocycles. The highest BCUT2D eigenvalue weighted by Crippen LogP contribution is 2.19. The van der Waals surface area contributed by atoms with Crippen LogP contribution in [-0.4, -0.2) is 42.5 Å². The molecule has 2 fully saturated rings. The predicted molar refractivity (Wildman–Crippen MR) is 91.2 cm³/mol. The lowest BCUT2D eigenvalue weighted by atomic mass is 10.1. The lowest BCUT2D eigenvalue weighted by Gasteiger charge is -2.25. The van der Waals surface area contributed by atoms with Crippen molar-refractivity contribution >= 4 is 18.3 Å². The molecule has 2 heterocycles. The zero-order valence-electron chi connectivity index (χ0n) is 13.0. The van der Waals surface area contributed by atoms with Gasteiger partial charge in [-0.15, -0.1) is 12.4 Å². The SMILES string of the molecule is Cl.O=C(NCC1CCCN1Cc1ccccc1)C1CCCN1. The van der Waals surface area contributed by atoms with Gasteiger partial charge in [0.25, 0.3) is 0 Å². The summed E-state index contributed by atoms with van der Waals surface area (Å²) in [6.45, 7) is 3.88. The van der Waals surface area contributed by atoms with Gasteiger partial charge < -0.3 is 10.6 Å². The van der Waals surface area contributed by atoms with Crippen molar-refractivity contribution in [1.82, 2.24) is 15.5 Å². The number of carbonyl (C=O) groups is 1. The fraction of sp³-hybridized carbons (Fsp3) is 0.588. The standard InChI is InChI=1S/C17H25N3O.ClH/c21-17(16-9-4-10-18-16)19-12-15-8-5-11-20(15)13-14-6-2-1-3-7-14;/h1-3,6-7,15-16,18H,4-5,8-13H2,(H,19,21);1H. The molecule has 122 valence electrons. The summed E-state index contributed by atoms with van der Waals surface area (Å²) in [7, 11) is 0. The summed E-state index contributed by atoms with van der Waals surface area (Å²) in [6.07, 6.45) is 4.51. The van der Waals surface area contributed by atoms with Crippen LogP contribution in [0.2, 0.25) is 0 Å². The van der Waals surface area contributed by atoms with Crippen LogP contribution in [0.4, 0.5) is 0 Å². The molecule has 4 nitrogen and oxygen atoms in total. The monoisotopic (exact) mass is 323 g/mol. The summed E-state index contributed by atoms with van der Waals surface area (Å²) >= 11 is 0. The van der Waals surface area contributed by atoms with E-state index in [1.54, 1.807) is 0 Å². The number of hydrogen-bond acceptors (Lipinski definition) is 3. The topological polar surface area (TPSA) is 44.4 Å². The Kier molecular flexibility index (Phi) is 6.68. The van der Waals surface area contributed by atoms with Gasteiger partial charge in [-0.25, -0.2) is 0 Å². The normalized spacial score (nSPS) is 24.9. The minimum absolute atomic E-state index is 0. The van der Waals surface area contributed by atoms with E-state index in [-0.39, 0.29) is 24.4 Å². The van der Waals surface area contributed by atoms with E-state index in [1.165, 1.54) is 18.4 Å². The van der Waals surface area contributed by atoms with E-state index in [0.29, 0.717) is 6.04 Å². The molecule has 5 heteroatoms. The average Bonchev–Trinajstić information content (AvgIpc) is 3.18. The van der Waals surface area contributed by atoms with Gasteiger partial charge in [0, 0.05) is 19.1 Å². The van der Waals surface area contributed by atoms with Gasteiger partial charge in [0.2, 0.25) is 5.91 Å². The first-order valence-corrected chi connectivity index (χ1v) is 8.12. The Balaban J connectivity index is 0.00000176. The fourth-order valence-corrected chi connectivity index (χ4v) is 3.40. The molecule has 0 spiro atoms. The smallest absolute Gasteiger partial charge is 0.237 e. The van der Waals surface area contributed by atoms with E-state index < -0.39 is 0 Å². The molecule has 1 amide bonds. The second kappa shape index (κ2) is 8.51. The van der Waals surface area contributed by atoms with Crippen LogP contribution in [0.1, 0.15) is 31.2 Å². The molecule has 2 atom stereocenters. The zero-order chi connectivity index (χ0) is 14.5. The highest BCUT2D eigenvalue weighted by Gasteiger charge is 2.27. The van der Waals surface area contributed by atoms with Crippen LogP contribution in [0.15, 0.2) is 30.3 Å². The number of benzene rings is 1. The number of nitrogens with one attached hydrogen (secondary N) is 2. The van der Waals surface area contributed by atoms with Gasteiger partial charge in [-0.1, -0.05) is 30.3 Å². The zero-order valence-corrected chi connectivity index (χ0v) is 13.8. The Labute approximate surface area is 139 Å². The quantitative estimate of drug-likeness (QED) is 0.870. The van der Waals surface area contributed by atoms with Crippen molar-refractivity contribution in [2.24, 2.45) is 0 Å². The predicted octanol–water partition coefficient (Wildman–Crippen LogP) is 1.94. The Hall–Kier alpha value is -1.10. The molecule has 1 aromatic rings. The third-order valence-corrected chi connectivity index (χ3v) is 4.62. The van der Waals surface area contributed by atoms with Gasteiger partial charge in [-0.05, 0) is 44.3 Å². The minimum Gasteiger partial charge on any atom is -0.353 e. The lowest BCUT2D eigenvalue weighted by Crippen LogP contribution is -2.45. The summed E-state index contributed by atoms with van der Waals surface area (Å²) in [5, 5.41) is 6.40. The van der Waals surface area contributed by atoms with E-state index in [1.807, 2.05) is 0 Å². The maximum Gasteiger partial charge on any atom is 0.237 e. The van der Waals surface area contributed by atoms with E-state index >= 15 is 0 Å². The van der Waals surface area contributed by atoms with Crippen LogP contribution in [0.5, 0.6) is 0 Å². The first-order valence-electron chi connectivity index (χ1n) is 8.12. The number of nitrogens with zero attached hydrogens (tertiary/aromatic N) is 1. The Morgan fingerprint density at radius 3 is 2.77 bits per heavy atom. The van der Waals surface area contributed by atoms with Crippen LogP contribution >= 0.6 is 12.4 Å². The average molecular weight is 324 g/mol. The van der Waals surface area contributed by atoms with Crippen molar-refractivity contribution in [2.45, 2.75) is 44.3 Å². The molecular formula is C17H26ClN3O. The van der Waals surface area contributed by atoms with E-state index in [0.717, 1.165) is 39.0 Å². The highest BCUT2D eigenvalue weighted by molar-refractivity contribution is 5.85. The van der Waals surface area contributed by atoms with E-state index in [9.17, 15) is 4.79 Å². The van der Waals surface area contributed by atoms with Crippen molar-refractivity contribution in [3.05, 3.63) is 35.9 Å². The van der Waals surface area contributed by atoms with Gasteiger partial charge in [0.05, 0.1) is 6.04 Å². The van der Waals surface area contributed by atoms with Gasteiger partial charge in [0.15, 0.2) is 0 Å². The molecule has 0 aliphatic carbocycles. The Morgan fingerprint density at radius 2 is 2.05 bits per heavy atom. The molecule has 2 N–H and O–H groups in total. The molecular weight excluding hydrogens is 298 g/mol. The highest BCUT2D eigenvalue weighted by atomic mass is 35.5. The van der Waals surface area contributed by atoms with Crippen molar-refractivity contribution < 1.29 is 4.79 Å². The molecule has 3 rings (SSSR count). The number of carbonyl (C=O) groups excluding carboxylic acids is 1. The van der Waals surface area contributed by atoms with Gasteiger partial charge in [-0.2, -0.15) is 0 Å².